The van der Waals surface area contributed by atoms with Crippen LogP contribution in [0.4, 0.5) is 4.39 Å². The molecule has 0 saturated heterocycles. The summed E-state index contributed by atoms with van der Waals surface area (Å²) < 4.78 is 14.5. The predicted octanol–water partition coefficient (Wildman–Crippen LogP) is 4.27. The van der Waals surface area contributed by atoms with Crippen LogP contribution in [0.3, 0.4) is 0 Å². The van der Waals surface area contributed by atoms with E-state index in [1.54, 1.807) is 6.07 Å². The number of halogens is 2. The Balaban J connectivity index is 2.63. The van der Waals surface area contributed by atoms with E-state index in [0.29, 0.717) is 16.0 Å². The average Bonchev–Trinajstić information content (AvgIpc) is 2.31. The molecule has 17 heavy (non-hydrogen) atoms. The van der Waals surface area contributed by atoms with Crippen LogP contribution in [0.2, 0.25) is 0 Å². The Hall–Kier alpha value is -1.07. The second-order valence-corrected chi connectivity index (χ2v) is 4.84. The highest BCUT2D eigenvalue weighted by Gasteiger charge is 2.07. The van der Waals surface area contributed by atoms with E-state index >= 15 is 0 Å². The van der Waals surface area contributed by atoms with Gasteiger partial charge in [0.05, 0.1) is 0 Å². The van der Waals surface area contributed by atoms with E-state index in [1.165, 1.54) is 12.1 Å². The van der Waals surface area contributed by atoms with Crippen molar-refractivity contribution < 1.29 is 4.39 Å². The Morgan fingerprint density at radius 1 is 1.41 bits per heavy atom. The first-order valence-corrected chi connectivity index (χ1v) is 6.36. The highest BCUT2D eigenvalue weighted by molar-refractivity contribution is 9.10. The second kappa shape index (κ2) is 5.06. The molecule has 0 aliphatic heterocycles. The fraction of sp³-hybridized carbons (Fsp3) is 0.167. The molecule has 0 amide bonds. The number of nitrogens with one attached hydrogen (secondary N) is 1. The molecule has 88 valence electrons. The van der Waals surface area contributed by atoms with Crippen molar-refractivity contribution in [1.29, 1.82) is 0 Å². The minimum Gasteiger partial charge on any atom is -0.343 e. The van der Waals surface area contributed by atoms with Gasteiger partial charge in [-0.2, -0.15) is 0 Å². The Morgan fingerprint density at radius 2 is 2.18 bits per heavy atom. The van der Waals surface area contributed by atoms with Crippen molar-refractivity contribution in [3.8, 4) is 11.4 Å². The standard InChI is InChI=1S/C12H10BrFN2S/c1-2-8-6-11(17)16-12(15-8)9-5-7(14)3-4-10(9)13/h3-6H,2H2,1H3,(H,15,16,17). The number of benzene rings is 1. The summed E-state index contributed by atoms with van der Waals surface area (Å²) in [6.45, 7) is 2.02. The molecule has 0 aliphatic rings. The lowest BCUT2D eigenvalue weighted by atomic mass is 10.2. The topological polar surface area (TPSA) is 28.7 Å². The molecule has 0 unspecified atom stereocenters. The maximum atomic E-state index is 13.2. The van der Waals surface area contributed by atoms with Crippen LogP contribution >= 0.6 is 28.1 Å². The maximum absolute atomic E-state index is 13.2. The molecule has 2 rings (SSSR count). The Kier molecular flexibility index (Phi) is 3.69. The number of nitrogens with zero attached hydrogens (tertiary/aromatic N) is 1. The van der Waals surface area contributed by atoms with Gasteiger partial charge in [0, 0.05) is 15.7 Å². The van der Waals surface area contributed by atoms with Crippen molar-refractivity contribution >= 4 is 28.1 Å². The molecule has 0 saturated carbocycles. The second-order valence-electron chi connectivity index (χ2n) is 3.57. The molecule has 5 heteroatoms. The van der Waals surface area contributed by atoms with Crippen LogP contribution in [0.25, 0.3) is 11.4 Å². The molecule has 0 radical (unpaired) electrons. The van der Waals surface area contributed by atoms with Crippen LogP contribution in [0.15, 0.2) is 28.7 Å². The Labute approximate surface area is 112 Å². The van der Waals surface area contributed by atoms with E-state index in [4.69, 9.17) is 12.2 Å². The normalized spacial score (nSPS) is 10.5. The summed E-state index contributed by atoms with van der Waals surface area (Å²) in [4.78, 5) is 7.36. The number of hydrogen-bond acceptors (Lipinski definition) is 2. The minimum atomic E-state index is -0.300. The largest absolute Gasteiger partial charge is 0.343 e. The quantitative estimate of drug-likeness (QED) is 0.839. The van der Waals surface area contributed by atoms with Crippen molar-refractivity contribution in [2.75, 3.05) is 0 Å². The molecule has 1 aromatic heterocycles. The van der Waals surface area contributed by atoms with Crippen molar-refractivity contribution in [3.05, 3.63) is 44.9 Å². The molecule has 1 aromatic carbocycles. The van der Waals surface area contributed by atoms with Crippen molar-refractivity contribution in [3.63, 3.8) is 0 Å². The minimum absolute atomic E-state index is 0.300. The number of H-pyrrole nitrogens is 1. The summed E-state index contributed by atoms with van der Waals surface area (Å²) in [6, 6.07) is 6.29. The lowest BCUT2D eigenvalue weighted by Gasteiger charge is -2.06. The fourth-order valence-electron chi connectivity index (χ4n) is 1.50. The van der Waals surface area contributed by atoms with Gasteiger partial charge in [0.25, 0.3) is 0 Å². The van der Waals surface area contributed by atoms with E-state index in [1.807, 2.05) is 13.0 Å². The molecule has 1 heterocycles. The molecule has 1 N–H and O–H groups in total. The first kappa shape index (κ1) is 12.4. The van der Waals surface area contributed by atoms with E-state index in [0.717, 1.165) is 16.6 Å². The third kappa shape index (κ3) is 2.79. The predicted molar refractivity (Wildman–Crippen MR) is 71.9 cm³/mol. The summed E-state index contributed by atoms with van der Waals surface area (Å²) in [7, 11) is 0. The summed E-state index contributed by atoms with van der Waals surface area (Å²) in [5.74, 6) is 0.284. The van der Waals surface area contributed by atoms with Gasteiger partial charge in [-0.25, -0.2) is 9.37 Å². The SMILES string of the molecule is CCc1cc(=S)nc(-c2cc(F)ccc2Br)[nH]1. The first-order chi connectivity index (χ1) is 8.10. The summed E-state index contributed by atoms with van der Waals surface area (Å²) in [5, 5.41) is 0. The summed E-state index contributed by atoms with van der Waals surface area (Å²) in [6.07, 6.45) is 0.825. The number of aromatic amines is 1. The smallest absolute Gasteiger partial charge is 0.140 e. The zero-order chi connectivity index (χ0) is 12.4. The highest BCUT2D eigenvalue weighted by Crippen LogP contribution is 2.26. The molecule has 0 atom stereocenters. The monoisotopic (exact) mass is 312 g/mol. The maximum Gasteiger partial charge on any atom is 0.140 e. The third-order valence-electron chi connectivity index (χ3n) is 2.36. The van der Waals surface area contributed by atoms with Gasteiger partial charge in [-0.1, -0.05) is 35.1 Å². The van der Waals surface area contributed by atoms with Crippen molar-refractivity contribution in [1.82, 2.24) is 9.97 Å². The van der Waals surface area contributed by atoms with Gasteiger partial charge in [-0.05, 0) is 30.7 Å². The van der Waals surface area contributed by atoms with E-state index in [9.17, 15) is 4.39 Å². The summed E-state index contributed by atoms with van der Waals surface area (Å²) in [5.41, 5.74) is 1.66. The number of aryl methyl sites for hydroxylation is 1. The zero-order valence-electron chi connectivity index (χ0n) is 9.13. The highest BCUT2D eigenvalue weighted by atomic mass is 79.9. The number of aromatic nitrogens is 2. The molecule has 0 fully saturated rings. The summed E-state index contributed by atoms with van der Waals surface area (Å²) >= 11 is 8.47. The van der Waals surface area contributed by atoms with Gasteiger partial charge < -0.3 is 4.98 Å². The molecule has 0 aliphatic carbocycles. The van der Waals surface area contributed by atoms with Gasteiger partial charge in [0.2, 0.25) is 0 Å². The van der Waals surface area contributed by atoms with E-state index in [2.05, 4.69) is 25.9 Å². The molecule has 2 aromatic rings. The lowest BCUT2D eigenvalue weighted by molar-refractivity contribution is 0.628. The van der Waals surface area contributed by atoms with Crippen LogP contribution in [-0.2, 0) is 6.42 Å². The van der Waals surface area contributed by atoms with Crippen LogP contribution in [-0.4, -0.2) is 9.97 Å². The number of hydrogen-bond donors (Lipinski definition) is 1. The molecule has 0 spiro atoms. The van der Waals surface area contributed by atoms with Crippen molar-refractivity contribution in [2.45, 2.75) is 13.3 Å². The van der Waals surface area contributed by atoms with E-state index in [-0.39, 0.29) is 5.82 Å². The Bertz CT molecular complexity index is 610. The molecular weight excluding hydrogens is 303 g/mol. The van der Waals surface area contributed by atoms with Crippen LogP contribution in [0.1, 0.15) is 12.6 Å². The lowest BCUT2D eigenvalue weighted by Crippen LogP contribution is -1.96. The van der Waals surface area contributed by atoms with Gasteiger partial charge in [0.1, 0.15) is 16.3 Å². The van der Waals surface area contributed by atoms with Gasteiger partial charge in [-0.15, -0.1) is 0 Å². The van der Waals surface area contributed by atoms with Gasteiger partial charge >= 0.3 is 0 Å². The van der Waals surface area contributed by atoms with Gasteiger partial charge in [0.15, 0.2) is 0 Å². The first-order valence-electron chi connectivity index (χ1n) is 5.16. The zero-order valence-corrected chi connectivity index (χ0v) is 11.5. The average molecular weight is 313 g/mol. The van der Waals surface area contributed by atoms with E-state index < -0.39 is 0 Å². The van der Waals surface area contributed by atoms with Crippen LogP contribution in [0, 0.1) is 10.5 Å². The third-order valence-corrected chi connectivity index (χ3v) is 3.26. The fourth-order valence-corrected chi connectivity index (χ4v) is 2.17. The number of rotatable bonds is 2. The Morgan fingerprint density at radius 3 is 2.88 bits per heavy atom. The van der Waals surface area contributed by atoms with Crippen molar-refractivity contribution in [2.24, 2.45) is 0 Å². The van der Waals surface area contributed by atoms with Gasteiger partial charge in [-0.3, -0.25) is 0 Å². The van der Waals surface area contributed by atoms with Crippen LogP contribution < -0.4 is 0 Å². The van der Waals surface area contributed by atoms with Crippen LogP contribution in [0.5, 0.6) is 0 Å². The molecular formula is C12H10BrFN2S. The molecule has 2 nitrogen and oxygen atoms in total. The molecule has 0 bridgehead atoms.